The van der Waals surface area contributed by atoms with Crippen molar-refractivity contribution in [3.8, 4) is 5.75 Å². The number of amides is 3. The summed E-state index contributed by atoms with van der Waals surface area (Å²) in [6.07, 6.45) is -0.133. The minimum absolute atomic E-state index is 0.00123. The zero-order chi connectivity index (χ0) is 26.2. The number of hydrogen-bond acceptors (Lipinski definition) is 5. The van der Waals surface area contributed by atoms with Gasteiger partial charge in [0.2, 0.25) is 0 Å². The van der Waals surface area contributed by atoms with E-state index < -0.39 is 0 Å². The van der Waals surface area contributed by atoms with E-state index in [0.717, 1.165) is 13.1 Å². The van der Waals surface area contributed by atoms with Crippen LogP contribution in [0.25, 0.3) is 0 Å². The van der Waals surface area contributed by atoms with E-state index in [1.807, 2.05) is 19.9 Å². The number of likely N-dealkylation sites (N-methyl/N-ethyl adjacent to an activating group) is 1. The first-order chi connectivity index (χ1) is 17.2. The number of hydrogen-bond donors (Lipinski definition) is 2. The van der Waals surface area contributed by atoms with Crippen molar-refractivity contribution in [1.29, 1.82) is 0 Å². The molecule has 8 heteroatoms. The van der Waals surface area contributed by atoms with E-state index in [9.17, 15) is 9.59 Å². The molecule has 3 rings (SSSR count). The maximum Gasteiger partial charge on any atom is 0.319 e. The number of carbonyl (C=O) groups is 2. The highest BCUT2D eigenvalue weighted by molar-refractivity contribution is 5.99. The number of anilines is 1. The fourth-order valence-electron chi connectivity index (χ4n) is 4.40. The number of ether oxygens (including phenoxy) is 2. The van der Waals surface area contributed by atoms with Gasteiger partial charge in [-0.3, -0.25) is 9.69 Å². The number of benzene rings is 2. The highest BCUT2D eigenvalue weighted by Crippen LogP contribution is 2.27. The molecule has 3 atom stereocenters. The van der Waals surface area contributed by atoms with Gasteiger partial charge in [0.25, 0.3) is 5.91 Å². The summed E-state index contributed by atoms with van der Waals surface area (Å²) in [4.78, 5) is 29.8. The Labute approximate surface area is 214 Å². The van der Waals surface area contributed by atoms with Crippen LogP contribution in [0.3, 0.4) is 0 Å². The predicted octanol–water partition coefficient (Wildman–Crippen LogP) is 4.22. The highest BCUT2D eigenvalue weighted by atomic mass is 16.5. The van der Waals surface area contributed by atoms with Crippen molar-refractivity contribution in [3.63, 3.8) is 0 Å². The Hall–Kier alpha value is -3.10. The van der Waals surface area contributed by atoms with E-state index in [1.165, 1.54) is 5.56 Å². The molecular formula is C28H40N4O4. The molecule has 2 aromatic rings. The van der Waals surface area contributed by atoms with Crippen LogP contribution >= 0.6 is 0 Å². The van der Waals surface area contributed by atoms with Gasteiger partial charge in [-0.1, -0.05) is 37.3 Å². The van der Waals surface area contributed by atoms with Gasteiger partial charge in [0.15, 0.2) is 0 Å². The molecule has 1 heterocycles. The highest BCUT2D eigenvalue weighted by Gasteiger charge is 2.28. The summed E-state index contributed by atoms with van der Waals surface area (Å²) < 4.78 is 12.1. The van der Waals surface area contributed by atoms with Crippen molar-refractivity contribution in [3.05, 3.63) is 59.7 Å². The lowest BCUT2D eigenvalue weighted by Gasteiger charge is -2.36. The number of fused-ring (bicyclic) bond motifs is 1. The third kappa shape index (κ3) is 7.45. The van der Waals surface area contributed by atoms with Gasteiger partial charge in [-0.25, -0.2) is 4.79 Å². The summed E-state index contributed by atoms with van der Waals surface area (Å²) in [6, 6.07) is 15.4. The van der Waals surface area contributed by atoms with Crippen LogP contribution in [0.15, 0.2) is 48.5 Å². The van der Waals surface area contributed by atoms with Crippen LogP contribution < -0.4 is 15.4 Å². The van der Waals surface area contributed by atoms with Crippen LogP contribution in [0.5, 0.6) is 5.75 Å². The van der Waals surface area contributed by atoms with Gasteiger partial charge < -0.3 is 25.0 Å². The lowest BCUT2D eigenvalue weighted by atomic mass is 10.0. The summed E-state index contributed by atoms with van der Waals surface area (Å²) in [6.45, 7) is 10.5. The SMILES string of the molecule is CO[C@@H]1CN(C)C(=O)c2cc(NC(=O)NC(C)C)ccc2OC[C@H](C)N(Cc2ccccc2)C[C@@H]1C. The molecule has 0 spiro atoms. The molecule has 1 aliphatic heterocycles. The normalized spacial score (nSPS) is 21.7. The topological polar surface area (TPSA) is 83.1 Å². The molecule has 0 radical (unpaired) electrons. The van der Waals surface area contributed by atoms with E-state index in [4.69, 9.17) is 9.47 Å². The molecule has 0 fully saturated rings. The van der Waals surface area contributed by atoms with Gasteiger partial charge in [0, 0.05) is 51.6 Å². The van der Waals surface area contributed by atoms with Gasteiger partial charge in [-0.05, 0) is 50.5 Å². The third-order valence-corrected chi connectivity index (χ3v) is 6.48. The molecule has 0 aromatic heterocycles. The van der Waals surface area contributed by atoms with Crippen molar-refractivity contribution >= 4 is 17.6 Å². The number of methoxy groups -OCH3 is 1. The Morgan fingerprint density at radius 2 is 1.86 bits per heavy atom. The van der Waals surface area contributed by atoms with Crippen molar-refractivity contribution in [2.45, 2.75) is 52.4 Å². The Balaban J connectivity index is 1.91. The third-order valence-electron chi connectivity index (χ3n) is 6.48. The minimum Gasteiger partial charge on any atom is -0.491 e. The van der Waals surface area contributed by atoms with Crippen LogP contribution in [0.2, 0.25) is 0 Å². The maximum absolute atomic E-state index is 13.5. The van der Waals surface area contributed by atoms with Crippen molar-refractivity contribution < 1.29 is 19.1 Å². The van der Waals surface area contributed by atoms with Crippen LogP contribution in [-0.4, -0.2) is 73.8 Å². The van der Waals surface area contributed by atoms with Gasteiger partial charge in [-0.15, -0.1) is 0 Å². The first-order valence-corrected chi connectivity index (χ1v) is 12.6. The van der Waals surface area contributed by atoms with Crippen LogP contribution in [-0.2, 0) is 11.3 Å². The first-order valence-electron chi connectivity index (χ1n) is 12.6. The van der Waals surface area contributed by atoms with Crippen molar-refractivity contribution in [2.75, 3.05) is 39.2 Å². The summed E-state index contributed by atoms with van der Waals surface area (Å²) in [5.74, 6) is 0.500. The Bertz CT molecular complexity index is 1010. The molecule has 3 amide bonds. The number of rotatable bonds is 5. The largest absolute Gasteiger partial charge is 0.491 e. The summed E-state index contributed by atoms with van der Waals surface area (Å²) in [5.41, 5.74) is 2.17. The molecule has 0 saturated heterocycles. The van der Waals surface area contributed by atoms with E-state index in [-0.39, 0.29) is 36.0 Å². The van der Waals surface area contributed by atoms with E-state index in [1.54, 1.807) is 37.3 Å². The van der Waals surface area contributed by atoms with Crippen LogP contribution in [0.4, 0.5) is 10.5 Å². The molecule has 0 aliphatic carbocycles. The van der Waals surface area contributed by atoms with E-state index >= 15 is 0 Å². The second kappa shape index (κ2) is 12.7. The number of nitrogens with one attached hydrogen (secondary N) is 2. The molecule has 8 nitrogen and oxygen atoms in total. The zero-order valence-corrected chi connectivity index (χ0v) is 22.3. The lowest BCUT2D eigenvalue weighted by molar-refractivity contribution is 0.00921. The number of nitrogens with zero attached hydrogens (tertiary/aromatic N) is 2. The number of urea groups is 1. The smallest absolute Gasteiger partial charge is 0.319 e. The fraction of sp³-hybridized carbons (Fsp3) is 0.500. The lowest BCUT2D eigenvalue weighted by Crippen LogP contribution is -2.46. The Morgan fingerprint density at radius 3 is 2.53 bits per heavy atom. The summed E-state index contributed by atoms with van der Waals surface area (Å²) >= 11 is 0. The summed E-state index contributed by atoms with van der Waals surface area (Å²) in [7, 11) is 3.47. The van der Waals surface area contributed by atoms with Crippen molar-refractivity contribution in [1.82, 2.24) is 15.1 Å². The molecule has 0 saturated carbocycles. The van der Waals surface area contributed by atoms with Crippen molar-refractivity contribution in [2.24, 2.45) is 5.92 Å². The zero-order valence-electron chi connectivity index (χ0n) is 22.3. The standard InChI is InChI=1S/C28H40N4O4/c1-19(2)29-28(34)30-23-12-13-25-24(14-23)27(33)31(5)17-26(35-6)20(3)15-32(21(4)18-36-25)16-22-10-8-7-9-11-22/h7-14,19-21,26H,15-18H2,1-6H3,(H2,29,30,34)/t20-,21-,26+/m0/s1. The molecule has 1 aliphatic rings. The van der Waals surface area contributed by atoms with Crippen LogP contribution in [0, 0.1) is 5.92 Å². The first kappa shape index (κ1) is 27.5. The predicted molar refractivity (Wildman–Crippen MR) is 142 cm³/mol. The fourth-order valence-corrected chi connectivity index (χ4v) is 4.40. The molecule has 0 bridgehead atoms. The van der Waals surface area contributed by atoms with E-state index in [0.29, 0.717) is 30.2 Å². The number of carbonyl (C=O) groups excluding carboxylic acids is 2. The van der Waals surface area contributed by atoms with Gasteiger partial charge in [0.05, 0.1) is 11.7 Å². The van der Waals surface area contributed by atoms with Gasteiger partial charge >= 0.3 is 6.03 Å². The molecule has 2 aromatic carbocycles. The Kier molecular flexibility index (Phi) is 9.73. The second-order valence-corrected chi connectivity index (χ2v) is 9.98. The monoisotopic (exact) mass is 496 g/mol. The van der Waals surface area contributed by atoms with Gasteiger partial charge in [0.1, 0.15) is 12.4 Å². The molecule has 196 valence electrons. The van der Waals surface area contributed by atoms with Gasteiger partial charge in [-0.2, -0.15) is 0 Å². The average Bonchev–Trinajstić information content (AvgIpc) is 2.84. The van der Waals surface area contributed by atoms with E-state index in [2.05, 4.69) is 53.6 Å². The Morgan fingerprint density at radius 1 is 1.14 bits per heavy atom. The average molecular weight is 497 g/mol. The quantitative estimate of drug-likeness (QED) is 0.648. The molecule has 36 heavy (non-hydrogen) atoms. The second-order valence-electron chi connectivity index (χ2n) is 9.98. The summed E-state index contributed by atoms with van der Waals surface area (Å²) in [5, 5.41) is 5.60. The van der Waals surface area contributed by atoms with Crippen LogP contribution in [0.1, 0.15) is 43.6 Å². The minimum atomic E-state index is -0.321. The maximum atomic E-state index is 13.5. The molecular weight excluding hydrogens is 456 g/mol. The molecule has 0 unspecified atom stereocenters. The molecule has 2 N–H and O–H groups in total.